The molecule has 0 spiro atoms. The van der Waals surface area contributed by atoms with Crippen molar-refractivity contribution in [1.82, 2.24) is 15.1 Å². The molecule has 1 aromatic rings. The molecule has 0 aromatic heterocycles. The number of nitrogens with one attached hydrogen (secondary N) is 1. The SMILES string of the molecule is CC(C)(C)OC(=O)N[C@@H]1CCN2C(=O)N(Cc3ccccc3)C(=O)C[C@@H]12. The topological polar surface area (TPSA) is 79.0 Å². The van der Waals surface area contributed by atoms with E-state index in [2.05, 4.69) is 5.32 Å². The first-order valence-corrected chi connectivity index (χ1v) is 8.89. The van der Waals surface area contributed by atoms with Crippen molar-refractivity contribution < 1.29 is 19.1 Å². The summed E-state index contributed by atoms with van der Waals surface area (Å²) in [5.41, 5.74) is 0.322. The first-order chi connectivity index (χ1) is 12.2. The number of amides is 4. The van der Waals surface area contributed by atoms with E-state index in [9.17, 15) is 14.4 Å². The molecule has 140 valence electrons. The minimum Gasteiger partial charge on any atom is -0.444 e. The highest BCUT2D eigenvalue weighted by molar-refractivity contribution is 5.97. The molecule has 7 heteroatoms. The van der Waals surface area contributed by atoms with Crippen molar-refractivity contribution >= 4 is 18.0 Å². The zero-order valence-electron chi connectivity index (χ0n) is 15.4. The van der Waals surface area contributed by atoms with E-state index < -0.39 is 11.7 Å². The Morgan fingerprint density at radius 2 is 1.92 bits per heavy atom. The fourth-order valence-electron chi connectivity index (χ4n) is 3.44. The average Bonchev–Trinajstić information content (AvgIpc) is 2.93. The number of hydrogen-bond donors (Lipinski definition) is 1. The average molecular weight is 359 g/mol. The maximum atomic E-state index is 12.8. The molecular weight excluding hydrogens is 334 g/mol. The van der Waals surface area contributed by atoms with E-state index in [1.54, 1.807) is 25.7 Å². The van der Waals surface area contributed by atoms with Crippen LogP contribution in [-0.2, 0) is 16.1 Å². The molecule has 0 unspecified atom stereocenters. The second-order valence-electron chi connectivity index (χ2n) is 7.75. The number of alkyl carbamates (subject to hydrolysis) is 1. The standard InChI is InChI=1S/C19H25N3O4/c1-19(2,3)26-17(24)20-14-9-10-21-15(14)11-16(23)22(18(21)25)12-13-7-5-4-6-8-13/h4-8,14-15H,9-12H2,1-3H3,(H,20,24)/t14-,15+/m1/s1. The van der Waals surface area contributed by atoms with Crippen molar-refractivity contribution in [2.24, 2.45) is 0 Å². The number of nitrogens with zero attached hydrogens (tertiary/aromatic N) is 2. The van der Waals surface area contributed by atoms with Gasteiger partial charge in [-0.3, -0.25) is 9.69 Å². The molecule has 1 aromatic carbocycles. The minimum absolute atomic E-state index is 0.207. The Kier molecular flexibility index (Phi) is 4.89. The summed E-state index contributed by atoms with van der Waals surface area (Å²) in [6, 6.07) is 8.58. The minimum atomic E-state index is -0.590. The van der Waals surface area contributed by atoms with Crippen LogP contribution in [-0.4, -0.2) is 52.1 Å². The molecule has 2 aliphatic rings. The second kappa shape index (κ2) is 6.97. The van der Waals surface area contributed by atoms with Crippen LogP contribution in [0.4, 0.5) is 9.59 Å². The Hall–Kier alpha value is -2.57. The molecule has 2 aliphatic heterocycles. The molecule has 0 bridgehead atoms. The zero-order chi connectivity index (χ0) is 18.9. The lowest BCUT2D eigenvalue weighted by molar-refractivity contribution is -0.132. The summed E-state index contributed by atoms with van der Waals surface area (Å²) in [5.74, 6) is -0.210. The number of imide groups is 1. The third-order valence-electron chi connectivity index (χ3n) is 4.59. The molecule has 26 heavy (non-hydrogen) atoms. The highest BCUT2D eigenvalue weighted by atomic mass is 16.6. The quantitative estimate of drug-likeness (QED) is 0.899. The van der Waals surface area contributed by atoms with E-state index in [0.717, 1.165) is 5.56 Å². The predicted molar refractivity (Wildman–Crippen MR) is 95.3 cm³/mol. The molecule has 2 saturated heterocycles. The molecule has 1 N–H and O–H groups in total. The van der Waals surface area contributed by atoms with Crippen molar-refractivity contribution in [3.8, 4) is 0 Å². The Morgan fingerprint density at radius 3 is 2.58 bits per heavy atom. The molecule has 0 aliphatic carbocycles. The van der Waals surface area contributed by atoms with Crippen LogP contribution in [0.25, 0.3) is 0 Å². The van der Waals surface area contributed by atoms with Crippen LogP contribution in [0.15, 0.2) is 30.3 Å². The number of hydrogen-bond acceptors (Lipinski definition) is 4. The molecule has 2 heterocycles. The van der Waals surface area contributed by atoms with E-state index in [1.165, 1.54) is 4.90 Å². The van der Waals surface area contributed by atoms with Gasteiger partial charge >= 0.3 is 12.1 Å². The lowest BCUT2D eigenvalue weighted by Crippen LogP contribution is -2.58. The van der Waals surface area contributed by atoms with Gasteiger partial charge < -0.3 is 15.0 Å². The smallest absolute Gasteiger partial charge is 0.407 e. The van der Waals surface area contributed by atoms with Crippen LogP contribution in [0.2, 0.25) is 0 Å². The Balaban J connectivity index is 1.65. The van der Waals surface area contributed by atoms with Gasteiger partial charge in [0.1, 0.15) is 5.60 Å². The van der Waals surface area contributed by atoms with Gasteiger partial charge in [-0.1, -0.05) is 30.3 Å². The summed E-state index contributed by atoms with van der Waals surface area (Å²) in [6.07, 6.45) is 0.303. The van der Waals surface area contributed by atoms with Crippen LogP contribution in [0.5, 0.6) is 0 Å². The van der Waals surface area contributed by atoms with Gasteiger partial charge in [0.25, 0.3) is 0 Å². The fourth-order valence-corrected chi connectivity index (χ4v) is 3.44. The summed E-state index contributed by atoms with van der Waals surface area (Å²) in [4.78, 5) is 40.3. The largest absolute Gasteiger partial charge is 0.444 e. The van der Waals surface area contributed by atoms with E-state index in [-0.39, 0.29) is 37.0 Å². The van der Waals surface area contributed by atoms with Crippen LogP contribution < -0.4 is 5.32 Å². The van der Waals surface area contributed by atoms with Gasteiger partial charge in [-0.05, 0) is 32.8 Å². The summed E-state index contributed by atoms with van der Waals surface area (Å²) in [6.45, 7) is 6.17. The Morgan fingerprint density at radius 1 is 1.23 bits per heavy atom. The van der Waals surface area contributed by atoms with Crippen LogP contribution in [0.1, 0.15) is 39.2 Å². The van der Waals surface area contributed by atoms with Crippen LogP contribution in [0.3, 0.4) is 0 Å². The van der Waals surface area contributed by atoms with Gasteiger partial charge in [0.15, 0.2) is 0 Å². The molecule has 7 nitrogen and oxygen atoms in total. The number of fused-ring (bicyclic) bond motifs is 1. The molecule has 0 saturated carbocycles. The fraction of sp³-hybridized carbons (Fsp3) is 0.526. The van der Waals surface area contributed by atoms with Crippen LogP contribution >= 0.6 is 0 Å². The van der Waals surface area contributed by atoms with Gasteiger partial charge in [0.05, 0.1) is 18.6 Å². The normalized spacial score (nSPS) is 23.0. The number of carbonyl (C=O) groups excluding carboxylic acids is 3. The van der Waals surface area contributed by atoms with Gasteiger partial charge in [-0.2, -0.15) is 0 Å². The Labute approximate surface area is 153 Å². The molecule has 2 fully saturated rings. The van der Waals surface area contributed by atoms with E-state index >= 15 is 0 Å². The third kappa shape index (κ3) is 3.98. The Bertz CT molecular complexity index is 698. The summed E-state index contributed by atoms with van der Waals surface area (Å²) < 4.78 is 5.28. The van der Waals surface area contributed by atoms with Gasteiger partial charge in [-0.25, -0.2) is 9.59 Å². The van der Waals surface area contributed by atoms with Gasteiger partial charge in [-0.15, -0.1) is 0 Å². The van der Waals surface area contributed by atoms with E-state index in [0.29, 0.717) is 13.0 Å². The lowest BCUT2D eigenvalue weighted by atomic mass is 10.0. The highest BCUT2D eigenvalue weighted by Gasteiger charge is 2.46. The summed E-state index contributed by atoms with van der Waals surface area (Å²) in [5, 5.41) is 2.81. The number of carbonyl (C=O) groups is 3. The molecule has 0 radical (unpaired) electrons. The summed E-state index contributed by atoms with van der Waals surface area (Å²) in [7, 11) is 0. The number of rotatable bonds is 3. The van der Waals surface area contributed by atoms with Crippen molar-refractivity contribution in [1.29, 1.82) is 0 Å². The molecule has 3 rings (SSSR count). The second-order valence-corrected chi connectivity index (χ2v) is 7.75. The molecule has 4 amide bonds. The van der Waals surface area contributed by atoms with E-state index in [4.69, 9.17) is 4.74 Å². The maximum Gasteiger partial charge on any atom is 0.407 e. The number of benzene rings is 1. The van der Waals surface area contributed by atoms with E-state index in [1.807, 2.05) is 30.3 Å². The van der Waals surface area contributed by atoms with Gasteiger partial charge in [0.2, 0.25) is 5.91 Å². The zero-order valence-corrected chi connectivity index (χ0v) is 15.4. The van der Waals surface area contributed by atoms with Crippen molar-refractivity contribution in [3.05, 3.63) is 35.9 Å². The highest BCUT2D eigenvalue weighted by Crippen LogP contribution is 2.28. The van der Waals surface area contributed by atoms with Gasteiger partial charge in [0, 0.05) is 13.0 Å². The number of ether oxygens (including phenoxy) is 1. The predicted octanol–water partition coefficient (Wildman–Crippen LogP) is 2.51. The third-order valence-corrected chi connectivity index (χ3v) is 4.59. The maximum absolute atomic E-state index is 12.8. The van der Waals surface area contributed by atoms with Crippen molar-refractivity contribution in [2.45, 2.75) is 57.8 Å². The van der Waals surface area contributed by atoms with Crippen LogP contribution in [0, 0.1) is 0 Å². The number of urea groups is 1. The van der Waals surface area contributed by atoms with Crippen molar-refractivity contribution in [2.75, 3.05) is 6.54 Å². The first-order valence-electron chi connectivity index (χ1n) is 8.89. The van der Waals surface area contributed by atoms with Crippen molar-refractivity contribution in [3.63, 3.8) is 0 Å². The lowest BCUT2D eigenvalue weighted by Gasteiger charge is -2.38. The monoisotopic (exact) mass is 359 g/mol. The molecule has 2 atom stereocenters. The first kappa shape index (κ1) is 18.2. The molecular formula is C19H25N3O4. The summed E-state index contributed by atoms with van der Waals surface area (Å²) >= 11 is 0.